The van der Waals surface area contributed by atoms with Gasteiger partial charge in [0.15, 0.2) is 5.82 Å². The number of thiazole rings is 1. The smallest absolute Gasteiger partial charge is 0.246 e. The Morgan fingerprint density at radius 1 is 0.972 bits per heavy atom. The van der Waals surface area contributed by atoms with Crippen molar-refractivity contribution in [3.05, 3.63) is 92.5 Å². The lowest BCUT2D eigenvalue weighted by Gasteiger charge is -2.40. The number of piperidine rings is 1. The van der Waals surface area contributed by atoms with Gasteiger partial charge in [-0.05, 0) is 94.4 Å². The van der Waals surface area contributed by atoms with Crippen LogP contribution in [-0.4, -0.2) is 132 Å². The SMILES string of the molecule is Cc1ncsc1-c1ccc([C@H](C)NC(=O)[C@@H]2C[C@@H](O)CN2C(=O)[C@H](NC(=O)CN2CCC(O[C@H]3C[C@H](NC(=O)C[C@@H]4N=C(C5=CCC(Cl)C=C5)c5c(sc(C)c5C)-n5c(C)nnc54)C3)CC2)C(C)(C)C)cc1. The molecular weight excluding hydrogens is 972 g/mol. The minimum atomic E-state index is -0.917. The second-order valence-electron chi connectivity index (χ2n) is 21.2. The van der Waals surface area contributed by atoms with Crippen molar-refractivity contribution in [2.24, 2.45) is 10.4 Å². The third kappa shape index (κ3) is 11.2. The molecule has 1 unspecified atom stereocenters. The number of benzene rings is 1. The molecule has 4 aromatic rings. The Hall–Kier alpha value is -5.11. The number of hydrogen-bond acceptors (Lipinski definition) is 13. The molecule has 2 saturated heterocycles. The zero-order chi connectivity index (χ0) is 51.2. The molecule has 1 saturated carbocycles. The number of aromatic nitrogens is 4. The van der Waals surface area contributed by atoms with E-state index < -0.39 is 35.6 Å². The molecule has 9 rings (SSSR count). The molecule has 3 aromatic heterocycles. The van der Waals surface area contributed by atoms with E-state index >= 15 is 0 Å². The van der Waals surface area contributed by atoms with Crippen molar-refractivity contribution < 1.29 is 29.0 Å². The average molecular weight is 1040 g/mol. The van der Waals surface area contributed by atoms with Crippen molar-refractivity contribution in [3.8, 4) is 15.4 Å². The number of thiophene rings is 1. The Bertz CT molecular complexity index is 2780. The number of hydrogen-bond donors (Lipinski definition) is 4. The van der Waals surface area contributed by atoms with Crippen molar-refractivity contribution >= 4 is 63.6 Å². The zero-order valence-electron chi connectivity index (χ0n) is 42.4. The Balaban J connectivity index is 0.734. The predicted octanol–water partition coefficient (Wildman–Crippen LogP) is 6.91. The molecule has 72 heavy (non-hydrogen) atoms. The highest BCUT2D eigenvalue weighted by Crippen LogP contribution is 2.41. The fraction of sp³-hybridized carbons (Fsp3) is 0.547. The highest BCUT2D eigenvalue weighted by Gasteiger charge is 2.45. The molecule has 2 aliphatic carbocycles. The molecule has 3 aliphatic heterocycles. The van der Waals surface area contributed by atoms with Crippen LogP contribution in [0.3, 0.4) is 0 Å². The predicted molar refractivity (Wildman–Crippen MR) is 281 cm³/mol. The highest BCUT2D eigenvalue weighted by molar-refractivity contribution is 7.15. The second-order valence-corrected chi connectivity index (χ2v) is 23.8. The lowest BCUT2D eigenvalue weighted by Crippen LogP contribution is -2.59. The number of β-amino-alcohol motifs (C(OH)–C–C–N with tert-alkyl or cyclic N) is 1. The van der Waals surface area contributed by atoms with Gasteiger partial charge in [-0.15, -0.1) is 44.5 Å². The van der Waals surface area contributed by atoms with E-state index in [1.165, 1.54) is 9.78 Å². The van der Waals surface area contributed by atoms with Gasteiger partial charge >= 0.3 is 0 Å². The van der Waals surface area contributed by atoms with E-state index in [-0.39, 0.29) is 73.3 Å². The van der Waals surface area contributed by atoms with Gasteiger partial charge < -0.3 is 30.7 Å². The van der Waals surface area contributed by atoms with Gasteiger partial charge in [-0.25, -0.2) is 4.98 Å². The lowest BCUT2D eigenvalue weighted by atomic mass is 9.85. The number of aliphatic hydroxyl groups excluding tert-OH is 1. The first-order valence-electron chi connectivity index (χ1n) is 25.2. The molecule has 0 bridgehead atoms. The third-order valence-electron chi connectivity index (χ3n) is 14.7. The van der Waals surface area contributed by atoms with Gasteiger partial charge in [-0.3, -0.25) is 33.6 Å². The van der Waals surface area contributed by atoms with E-state index in [4.69, 9.17) is 21.3 Å². The van der Waals surface area contributed by atoms with Crippen LogP contribution in [0.25, 0.3) is 15.4 Å². The fourth-order valence-corrected chi connectivity index (χ4v) is 12.6. The molecule has 6 heterocycles. The molecule has 19 heteroatoms. The van der Waals surface area contributed by atoms with E-state index in [9.17, 15) is 24.3 Å². The van der Waals surface area contributed by atoms with Crippen molar-refractivity contribution in [2.75, 3.05) is 26.2 Å². The summed E-state index contributed by atoms with van der Waals surface area (Å²) in [5, 5.41) is 30.0. The summed E-state index contributed by atoms with van der Waals surface area (Å²) in [5.74, 6) is 0.292. The number of amides is 4. The number of likely N-dealkylation sites (tertiary alicyclic amines) is 2. The highest BCUT2D eigenvalue weighted by atomic mass is 35.5. The molecular formula is C53H67ClN10O6S2. The minimum absolute atomic E-state index is 0.00277. The Morgan fingerprint density at radius 3 is 2.38 bits per heavy atom. The number of allylic oxidation sites excluding steroid dienone is 4. The van der Waals surface area contributed by atoms with Crippen LogP contribution >= 0.6 is 34.3 Å². The lowest BCUT2D eigenvalue weighted by molar-refractivity contribution is -0.144. The summed E-state index contributed by atoms with van der Waals surface area (Å²) in [6.45, 7) is 17.1. The Labute approximate surface area is 434 Å². The normalized spacial score (nSPS) is 24.3. The zero-order valence-corrected chi connectivity index (χ0v) is 44.8. The number of aryl methyl sites for hydroxylation is 3. The van der Waals surface area contributed by atoms with E-state index in [0.29, 0.717) is 25.3 Å². The molecule has 6 atom stereocenters. The number of rotatable bonds is 14. The standard InChI is InChI=1S/C53H67ClN10O6S2/c1-28-31(4)72-52-45(28)46(34-13-15-36(54)16-14-34)58-41(49-61-60-32(5)64(49)52)24-43(66)57-37-21-40(22-37)70-39-17-19-62(20-18-39)26-44(67)59-48(53(6,7)8)51(69)63-25-38(65)23-42(63)50(68)56-29(2)33-9-11-35(12-10-33)47-30(3)55-27-71-47/h9-15,27,29,36-42,48,65H,16-26H2,1-8H3,(H,56,68)(H,57,66)(H,59,67)/t29-,36?,37-,38+,40-,41-,42-,48-/m0/s1. The van der Waals surface area contributed by atoms with Gasteiger partial charge in [0.1, 0.15) is 29.0 Å². The minimum Gasteiger partial charge on any atom is -0.391 e. The molecule has 3 fully saturated rings. The van der Waals surface area contributed by atoms with E-state index in [2.05, 4.69) is 60.5 Å². The summed E-state index contributed by atoms with van der Waals surface area (Å²) >= 11 is 9.69. The maximum atomic E-state index is 14.3. The third-order valence-corrected chi connectivity index (χ3v) is 17.2. The maximum Gasteiger partial charge on any atom is 0.246 e. The number of aliphatic imine (C=N–C) groups is 1. The van der Waals surface area contributed by atoms with E-state index in [1.54, 1.807) is 22.7 Å². The first-order valence-corrected chi connectivity index (χ1v) is 27.3. The molecule has 0 radical (unpaired) electrons. The molecule has 16 nitrogen and oxygen atoms in total. The average Bonchev–Trinajstić information content (AvgIpc) is 4.10. The quantitative estimate of drug-likeness (QED) is 0.0964. The number of carbonyl (C=O) groups excluding carboxylic acids is 4. The van der Waals surface area contributed by atoms with Crippen molar-refractivity contribution in [1.29, 1.82) is 0 Å². The summed E-state index contributed by atoms with van der Waals surface area (Å²) in [6.07, 6.45) is 9.24. The molecule has 0 spiro atoms. The van der Waals surface area contributed by atoms with Crippen LogP contribution < -0.4 is 16.0 Å². The van der Waals surface area contributed by atoms with E-state index in [1.807, 2.05) is 83.5 Å². The fourth-order valence-electron chi connectivity index (χ4n) is 10.5. The van der Waals surface area contributed by atoms with Crippen LogP contribution in [0, 0.1) is 33.1 Å². The maximum absolute atomic E-state index is 14.3. The summed E-state index contributed by atoms with van der Waals surface area (Å²) in [7, 11) is 0. The van der Waals surface area contributed by atoms with Crippen LogP contribution in [0.15, 0.2) is 58.6 Å². The molecule has 5 aliphatic rings. The monoisotopic (exact) mass is 1040 g/mol. The molecule has 4 N–H and O–H groups in total. The summed E-state index contributed by atoms with van der Waals surface area (Å²) < 4.78 is 8.57. The Morgan fingerprint density at radius 2 is 1.71 bits per heavy atom. The number of halogens is 1. The van der Waals surface area contributed by atoms with Crippen molar-refractivity contribution in [3.63, 3.8) is 0 Å². The largest absolute Gasteiger partial charge is 0.391 e. The van der Waals surface area contributed by atoms with Gasteiger partial charge in [0, 0.05) is 42.5 Å². The summed E-state index contributed by atoms with van der Waals surface area (Å²) in [5.41, 5.74) is 8.13. The number of alkyl halides is 1. The topological polar surface area (TPSA) is 196 Å². The summed E-state index contributed by atoms with van der Waals surface area (Å²) in [4.78, 5) is 70.8. The van der Waals surface area contributed by atoms with Crippen LogP contribution in [-0.2, 0) is 23.9 Å². The number of aliphatic hydroxyl groups is 1. The van der Waals surface area contributed by atoms with Crippen LogP contribution in [0.4, 0.5) is 0 Å². The van der Waals surface area contributed by atoms with E-state index in [0.717, 1.165) is 80.6 Å². The van der Waals surface area contributed by atoms with Gasteiger partial charge in [-0.2, -0.15) is 0 Å². The number of nitrogens with one attached hydrogen (secondary N) is 3. The van der Waals surface area contributed by atoms with Gasteiger partial charge in [0.2, 0.25) is 23.6 Å². The van der Waals surface area contributed by atoms with Gasteiger partial charge in [0.25, 0.3) is 0 Å². The first-order chi connectivity index (χ1) is 34.3. The molecule has 1 aromatic carbocycles. The number of carbonyl (C=O) groups is 4. The second kappa shape index (κ2) is 21.4. The molecule has 384 valence electrons. The number of ether oxygens (including phenoxy) is 1. The van der Waals surface area contributed by atoms with Crippen LogP contribution in [0.5, 0.6) is 0 Å². The van der Waals surface area contributed by atoms with Gasteiger partial charge in [0.05, 0.1) is 64.5 Å². The van der Waals surface area contributed by atoms with Crippen LogP contribution in [0.1, 0.15) is 124 Å². The summed E-state index contributed by atoms with van der Waals surface area (Å²) in [6, 6.07) is 5.31. The van der Waals surface area contributed by atoms with Crippen molar-refractivity contribution in [1.82, 2.24) is 45.5 Å². The Kier molecular flexibility index (Phi) is 15.4. The first kappa shape index (κ1) is 51.8. The number of nitrogens with zero attached hydrogens (tertiary/aromatic N) is 7. The number of fused-ring (bicyclic) bond motifs is 3. The molecule has 4 amide bonds. The van der Waals surface area contributed by atoms with Crippen LogP contribution in [0.2, 0.25) is 0 Å². The van der Waals surface area contributed by atoms with Crippen molar-refractivity contribution in [2.45, 2.75) is 154 Å². The van der Waals surface area contributed by atoms with Gasteiger partial charge in [-0.1, -0.05) is 63.3 Å².